The number of fused-ring (bicyclic) bond motifs is 1. The molecule has 0 unspecified atom stereocenters. The summed E-state index contributed by atoms with van der Waals surface area (Å²) < 4.78 is 38.9. The van der Waals surface area contributed by atoms with Crippen LogP contribution in [0, 0.1) is 0 Å². The Morgan fingerprint density at radius 2 is 1.86 bits per heavy atom. The summed E-state index contributed by atoms with van der Waals surface area (Å²) in [7, 11) is 0. The molecule has 0 bridgehead atoms. The van der Waals surface area contributed by atoms with E-state index in [0.717, 1.165) is 12.1 Å². The van der Waals surface area contributed by atoms with Gasteiger partial charge in [0, 0.05) is 11.8 Å². The number of halogens is 3. The van der Waals surface area contributed by atoms with E-state index in [4.69, 9.17) is 0 Å². The molecule has 2 aromatic carbocycles. The molecule has 0 spiro atoms. The number of rotatable bonds is 3. The van der Waals surface area contributed by atoms with Gasteiger partial charge in [-0.05, 0) is 36.4 Å². The predicted molar refractivity (Wildman–Crippen MR) is 96.5 cm³/mol. The quantitative estimate of drug-likeness (QED) is 0.553. The van der Waals surface area contributed by atoms with Gasteiger partial charge in [0.05, 0.1) is 16.6 Å². The number of para-hydroxylation sites is 1. The molecular weight excluding hydrogens is 371 g/mol. The highest BCUT2D eigenvalue weighted by molar-refractivity contribution is 6.11. The van der Waals surface area contributed by atoms with E-state index < -0.39 is 17.6 Å². The molecule has 1 amide bonds. The number of aromatic amines is 1. The number of anilines is 1. The van der Waals surface area contributed by atoms with Gasteiger partial charge in [-0.1, -0.05) is 18.2 Å². The van der Waals surface area contributed by atoms with Crippen LogP contribution in [0.25, 0.3) is 22.4 Å². The molecule has 0 radical (unpaired) electrons. The van der Waals surface area contributed by atoms with Gasteiger partial charge < -0.3 is 10.3 Å². The Bertz CT molecular complexity index is 1160. The maximum Gasteiger partial charge on any atom is 0.416 e. The number of nitrogens with zero attached hydrogens (tertiary/aromatic N) is 3. The van der Waals surface area contributed by atoms with Gasteiger partial charge in [0.15, 0.2) is 5.82 Å². The van der Waals surface area contributed by atoms with E-state index in [-0.39, 0.29) is 22.8 Å². The van der Waals surface area contributed by atoms with Crippen LogP contribution in [0.1, 0.15) is 15.9 Å². The topological polar surface area (TPSA) is 83.6 Å². The van der Waals surface area contributed by atoms with Crippen molar-refractivity contribution < 1.29 is 18.0 Å². The Labute approximate surface area is 156 Å². The maximum atomic E-state index is 13.0. The number of benzene rings is 2. The van der Waals surface area contributed by atoms with Gasteiger partial charge >= 0.3 is 6.18 Å². The first-order valence-electron chi connectivity index (χ1n) is 8.17. The van der Waals surface area contributed by atoms with Crippen molar-refractivity contribution in [2.24, 2.45) is 0 Å². The van der Waals surface area contributed by atoms with E-state index in [9.17, 15) is 18.0 Å². The molecule has 0 saturated carbocycles. The van der Waals surface area contributed by atoms with Crippen LogP contribution in [0.2, 0.25) is 0 Å². The number of nitrogens with one attached hydrogen (secondary N) is 2. The number of hydrogen-bond acceptors (Lipinski definition) is 4. The Balaban J connectivity index is 1.73. The summed E-state index contributed by atoms with van der Waals surface area (Å²) >= 11 is 0. The maximum absolute atomic E-state index is 13.0. The highest BCUT2D eigenvalue weighted by Crippen LogP contribution is 2.32. The van der Waals surface area contributed by atoms with E-state index in [1.807, 2.05) is 0 Å². The van der Waals surface area contributed by atoms with Crippen LogP contribution in [0.5, 0.6) is 0 Å². The number of imidazole rings is 1. The van der Waals surface area contributed by atoms with E-state index in [0.29, 0.717) is 11.0 Å². The Hall–Kier alpha value is -3.75. The minimum absolute atomic E-state index is 0.237. The van der Waals surface area contributed by atoms with Crippen molar-refractivity contribution in [3.63, 3.8) is 0 Å². The molecule has 2 heterocycles. The molecular formula is C19H12F3N5O. The summed E-state index contributed by atoms with van der Waals surface area (Å²) in [6, 6.07) is 13.0. The van der Waals surface area contributed by atoms with E-state index in [2.05, 4.69) is 25.5 Å². The van der Waals surface area contributed by atoms with Crippen molar-refractivity contribution in [3.05, 3.63) is 71.9 Å². The number of carbonyl (C=O) groups is 1. The molecule has 6 nitrogen and oxygen atoms in total. The molecule has 4 rings (SSSR count). The van der Waals surface area contributed by atoms with Crippen molar-refractivity contribution in [1.29, 1.82) is 0 Å². The highest BCUT2D eigenvalue weighted by Gasteiger charge is 2.30. The smallest absolute Gasteiger partial charge is 0.338 e. The summed E-state index contributed by atoms with van der Waals surface area (Å²) in [4.78, 5) is 19.9. The molecule has 4 aromatic rings. The van der Waals surface area contributed by atoms with Gasteiger partial charge in [-0.2, -0.15) is 18.3 Å². The number of amides is 1. The monoisotopic (exact) mass is 383 g/mol. The minimum atomic E-state index is -4.45. The summed E-state index contributed by atoms with van der Waals surface area (Å²) in [5.41, 5.74) is 0.630. The van der Waals surface area contributed by atoms with Crippen molar-refractivity contribution in [1.82, 2.24) is 20.2 Å². The first-order chi connectivity index (χ1) is 13.4. The first-order valence-corrected chi connectivity index (χ1v) is 8.17. The fraction of sp³-hybridized carbons (Fsp3) is 0.0526. The molecule has 9 heteroatoms. The second-order valence-corrected chi connectivity index (χ2v) is 5.93. The van der Waals surface area contributed by atoms with Crippen molar-refractivity contribution in [2.45, 2.75) is 6.18 Å². The predicted octanol–water partition coefficient (Wildman–Crippen LogP) is 4.29. The second-order valence-electron chi connectivity index (χ2n) is 5.93. The zero-order valence-corrected chi connectivity index (χ0v) is 14.2. The van der Waals surface area contributed by atoms with E-state index >= 15 is 0 Å². The molecule has 0 saturated heterocycles. The lowest BCUT2D eigenvalue weighted by atomic mass is 10.1. The molecule has 0 aliphatic heterocycles. The molecule has 28 heavy (non-hydrogen) atoms. The Kier molecular flexibility index (Phi) is 4.26. The van der Waals surface area contributed by atoms with Crippen LogP contribution in [-0.4, -0.2) is 26.1 Å². The first kappa shape index (κ1) is 17.7. The normalized spacial score (nSPS) is 11.5. The molecule has 0 fully saturated rings. The van der Waals surface area contributed by atoms with Gasteiger partial charge in [0.25, 0.3) is 5.91 Å². The molecule has 0 aliphatic carbocycles. The number of carbonyl (C=O) groups excluding carboxylic acids is 1. The summed E-state index contributed by atoms with van der Waals surface area (Å²) in [6.45, 7) is 0. The third-order valence-electron chi connectivity index (χ3n) is 4.03. The summed E-state index contributed by atoms with van der Waals surface area (Å²) in [5, 5.41) is 10.1. The lowest BCUT2D eigenvalue weighted by Crippen LogP contribution is -2.13. The van der Waals surface area contributed by atoms with Crippen molar-refractivity contribution >= 4 is 22.8 Å². The van der Waals surface area contributed by atoms with Gasteiger partial charge in [-0.3, -0.25) is 4.79 Å². The standard InChI is InChI=1S/C19H12F3N5O/c20-19(21,22)12-5-1-4-11(10-12)17-24-14-7-2-6-13(16(14)26-17)18(28)25-15-8-3-9-23-27-15/h1-10H,(H,24,26)(H,25,27,28). The fourth-order valence-electron chi connectivity index (χ4n) is 2.75. The van der Waals surface area contributed by atoms with Crippen LogP contribution in [0.15, 0.2) is 60.8 Å². The highest BCUT2D eigenvalue weighted by atomic mass is 19.4. The van der Waals surface area contributed by atoms with Gasteiger partial charge in [0.1, 0.15) is 11.3 Å². The number of aromatic nitrogens is 4. The van der Waals surface area contributed by atoms with Crippen LogP contribution in [0.4, 0.5) is 19.0 Å². The minimum Gasteiger partial charge on any atom is -0.338 e. The zero-order chi connectivity index (χ0) is 19.7. The van der Waals surface area contributed by atoms with Crippen molar-refractivity contribution in [3.8, 4) is 11.4 Å². The van der Waals surface area contributed by atoms with E-state index in [1.165, 1.54) is 18.3 Å². The molecule has 2 N–H and O–H groups in total. The average molecular weight is 383 g/mol. The third-order valence-corrected chi connectivity index (χ3v) is 4.03. The van der Waals surface area contributed by atoms with Crippen LogP contribution in [0.3, 0.4) is 0 Å². The summed E-state index contributed by atoms with van der Waals surface area (Å²) in [5.74, 6) is 0.0622. The molecule has 0 atom stereocenters. The second kappa shape index (κ2) is 6.76. The van der Waals surface area contributed by atoms with Gasteiger partial charge in [-0.15, -0.1) is 5.10 Å². The lowest BCUT2D eigenvalue weighted by molar-refractivity contribution is -0.137. The van der Waals surface area contributed by atoms with E-state index in [1.54, 1.807) is 30.3 Å². The van der Waals surface area contributed by atoms with Crippen molar-refractivity contribution in [2.75, 3.05) is 5.32 Å². The Morgan fingerprint density at radius 3 is 2.61 bits per heavy atom. The molecule has 140 valence electrons. The lowest BCUT2D eigenvalue weighted by Gasteiger charge is -2.07. The third kappa shape index (κ3) is 3.41. The van der Waals surface area contributed by atoms with Crippen LogP contribution < -0.4 is 5.32 Å². The van der Waals surface area contributed by atoms with Gasteiger partial charge in [0.2, 0.25) is 0 Å². The molecule has 2 aromatic heterocycles. The number of alkyl halides is 3. The Morgan fingerprint density at radius 1 is 1.04 bits per heavy atom. The zero-order valence-electron chi connectivity index (χ0n) is 14.2. The fourth-order valence-corrected chi connectivity index (χ4v) is 2.75. The number of H-pyrrole nitrogens is 1. The van der Waals surface area contributed by atoms with Crippen LogP contribution >= 0.6 is 0 Å². The van der Waals surface area contributed by atoms with Gasteiger partial charge in [-0.25, -0.2) is 4.98 Å². The average Bonchev–Trinajstić information content (AvgIpc) is 3.12. The molecule has 0 aliphatic rings. The van der Waals surface area contributed by atoms with Crippen LogP contribution in [-0.2, 0) is 6.18 Å². The SMILES string of the molecule is O=C(Nc1cccnn1)c1cccc2[nH]c(-c3cccc(C(F)(F)F)c3)nc12. The number of hydrogen-bond donors (Lipinski definition) is 2. The summed E-state index contributed by atoms with van der Waals surface area (Å²) in [6.07, 6.45) is -2.98. The largest absolute Gasteiger partial charge is 0.416 e.